The lowest BCUT2D eigenvalue weighted by Gasteiger charge is -2.15. The molecule has 0 radical (unpaired) electrons. The van der Waals surface area contributed by atoms with E-state index in [0.717, 1.165) is 18.7 Å². The fourth-order valence-electron chi connectivity index (χ4n) is 2.56. The molecule has 1 aromatic carbocycles. The second-order valence-corrected chi connectivity index (χ2v) is 5.92. The fraction of sp³-hybridized carbons (Fsp3) is 0.588. The van der Waals surface area contributed by atoms with Crippen LogP contribution >= 0.6 is 0 Å². The Morgan fingerprint density at radius 3 is 2.81 bits per heavy atom. The highest BCUT2D eigenvalue weighted by Crippen LogP contribution is 2.16. The Balaban J connectivity index is 1.83. The van der Waals surface area contributed by atoms with Crippen molar-refractivity contribution in [3.05, 3.63) is 29.8 Å². The molecule has 1 aliphatic rings. The Kier molecular flexibility index (Phi) is 6.21. The van der Waals surface area contributed by atoms with Crippen LogP contribution in [0, 0.1) is 0 Å². The molecule has 116 valence electrons. The highest BCUT2D eigenvalue weighted by atomic mass is 16.1. The smallest absolute Gasteiger partial charge is 0.238 e. The van der Waals surface area contributed by atoms with Gasteiger partial charge in [-0.2, -0.15) is 0 Å². The largest absolute Gasteiger partial charge is 0.325 e. The molecule has 4 nitrogen and oxygen atoms in total. The number of nitrogens with one attached hydrogen (secondary N) is 2. The molecule has 0 aliphatic carbocycles. The first kappa shape index (κ1) is 16.0. The normalized spacial score (nSPS) is 16.9. The van der Waals surface area contributed by atoms with E-state index >= 15 is 0 Å². The average Bonchev–Trinajstić information content (AvgIpc) is 2.98. The highest BCUT2D eigenvalue weighted by Gasteiger charge is 2.12. The van der Waals surface area contributed by atoms with Gasteiger partial charge in [-0.15, -0.1) is 0 Å². The number of benzene rings is 1. The van der Waals surface area contributed by atoms with E-state index < -0.39 is 0 Å². The molecule has 21 heavy (non-hydrogen) atoms. The number of rotatable bonds is 7. The Bertz CT molecular complexity index is 455. The third kappa shape index (κ3) is 5.48. The SMILES string of the molecule is CCC(C)NCC(=O)Nc1cccc(CN2CCCC2)c1. The molecular weight excluding hydrogens is 262 g/mol. The van der Waals surface area contributed by atoms with E-state index in [-0.39, 0.29) is 5.91 Å². The Morgan fingerprint density at radius 2 is 2.10 bits per heavy atom. The summed E-state index contributed by atoms with van der Waals surface area (Å²) in [5, 5.41) is 6.17. The van der Waals surface area contributed by atoms with Gasteiger partial charge in [0, 0.05) is 18.3 Å². The van der Waals surface area contributed by atoms with E-state index in [1.807, 2.05) is 12.1 Å². The number of anilines is 1. The molecule has 1 aliphatic heterocycles. The van der Waals surface area contributed by atoms with Crippen LogP contribution in [0.25, 0.3) is 0 Å². The lowest BCUT2D eigenvalue weighted by Crippen LogP contribution is -2.34. The van der Waals surface area contributed by atoms with Crippen LogP contribution in [0.15, 0.2) is 24.3 Å². The van der Waals surface area contributed by atoms with Gasteiger partial charge >= 0.3 is 0 Å². The number of amides is 1. The molecule has 0 bridgehead atoms. The minimum Gasteiger partial charge on any atom is -0.325 e. The van der Waals surface area contributed by atoms with Gasteiger partial charge in [0.2, 0.25) is 5.91 Å². The first-order valence-corrected chi connectivity index (χ1v) is 8.02. The molecule has 1 saturated heterocycles. The van der Waals surface area contributed by atoms with E-state index in [0.29, 0.717) is 12.6 Å². The van der Waals surface area contributed by atoms with Gasteiger partial charge in [0.1, 0.15) is 0 Å². The van der Waals surface area contributed by atoms with Crippen LogP contribution in [0.2, 0.25) is 0 Å². The van der Waals surface area contributed by atoms with Crippen molar-refractivity contribution in [3.63, 3.8) is 0 Å². The molecule has 1 atom stereocenters. The maximum absolute atomic E-state index is 11.9. The van der Waals surface area contributed by atoms with Gasteiger partial charge < -0.3 is 10.6 Å². The third-order valence-electron chi connectivity index (χ3n) is 4.04. The molecule has 1 amide bonds. The number of carbonyl (C=O) groups is 1. The summed E-state index contributed by atoms with van der Waals surface area (Å²) in [4.78, 5) is 14.4. The van der Waals surface area contributed by atoms with Crippen LogP contribution in [0.3, 0.4) is 0 Å². The molecule has 2 rings (SSSR count). The average molecular weight is 289 g/mol. The number of hydrogen-bond donors (Lipinski definition) is 2. The Morgan fingerprint density at radius 1 is 1.33 bits per heavy atom. The van der Waals surface area contributed by atoms with Gasteiger partial charge in [-0.3, -0.25) is 9.69 Å². The summed E-state index contributed by atoms with van der Waals surface area (Å²) in [6.45, 7) is 7.92. The van der Waals surface area contributed by atoms with E-state index in [4.69, 9.17) is 0 Å². The van der Waals surface area contributed by atoms with Crippen LogP contribution in [-0.2, 0) is 11.3 Å². The summed E-state index contributed by atoms with van der Waals surface area (Å²) >= 11 is 0. The summed E-state index contributed by atoms with van der Waals surface area (Å²) in [7, 11) is 0. The standard InChI is InChI=1S/C17H27N3O/c1-3-14(2)18-12-17(21)19-16-8-6-7-15(11-16)13-20-9-4-5-10-20/h6-8,11,14,18H,3-5,9-10,12-13H2,1-2H3,(H,19,21). The van der Waals surface area contributed by atoms with Crippen molar-refractivity contribution in [3.8, 4) is 0 Å². The lowest BCUT2D eigenvalue weighted by molar-refractivity contribution is -0.115. The minimum atomic E-state index is 0.0219. The summed E-state index contributed by atoms with van der Waals surface area (Å²) in [6, 6.07) is 8.56. The minimum absolute atomic E-state index is 0.0219. The molecule has 4 heteroatoms. The summed E-state index contributed by atoms with van der Waals surface area (Å²) in [6.07, 6.45) is 3.63. The van der Waals surface area contributed by atoms with Crippen LogP contribution in [0.1, 0.15) is 38.7 Å². The Hall–Kier alpha value is -1.39. The van der Waals surface area contributed by atoms with Crippen molar-refractivity contribution in [1.82, 2.24) is 10.2 Å². The molecule has 1 fully saturated rings. The zero-order chi connectivity index (χ0) is 15.1. The quantitative estimate of drug-likeness (QED) is 0.811. The molecule has 1 aromatic rings. The molecule has 0 spiro atoms. The van der Waals surface area contributed by atoms with Crippen LogP contribution in [-0.4, -0.2) is 36.5 Å². The first-order chi connectivity index (χ1) is 10.2. The molecule has 0 saturated carbocycles. The van der Waals surface area contributed by atoms with E-state index in [9.17, 15) is 4.79 Å². The number of likely N-dealkylation sites (tertiary alicyclic amines) is 1. The second-order valence-electron chi connectivity index (χ2n) is 5.92. The highest BCUT2D eigenvalue weighted by molar-refractivity contribution is 5.92. The Labute approximate surface area is 127 Å². The maximum Gasteiger partial charge on any atom is 0.238 e. The van der Waals surface area contributed by atoms with Gasteiger partial charge in [-0.1, -0.05) is 19.1 Å². The van der Waals surface area contributed by atoms with Crippen LogP contribution in [0.4, 0.5) is 5.69 Å². The number of nitrogens with zero attached hydrogens (tertiary/aromatic N) is 1. The molecule has 1 unspecified atom stereocenters. The van der Waals surface area contributed by atoms with Crippen molar-refractivity contribution in [1.29, 1.82) is 0 Å². The molecular formula is C17H27N3O. The van der Waals surface area contributed by atoms with Crippen molar-refractivity contribution in [2.45, 2.75) is 45.7 Å². The number of hydrogen-bond acceptors (Lipinski definition) is 3. The maximum atomic E-state index is 11.9. The number of carbonyl (C=O) groups excluding carboxylic acids is 1. The monoisotopic (exact) mass is 289 g/mol. The summed E-state index contributed by atoms with van der Waals surface area (Å²) in [5.74, 6) is 0.0219. The lowest BCUT2D eigenvalue weighted by atomic mass is 10.2. The molecule has 0 aromatic heterocycles. The zero-order valence-corrected chi connectivity index (χ0v) is 13.2. The van der Waals surface area contributed by atoms with Crippen LogP contribution < -0.4 is 10.6 Å². The fourth-order valence-corrected chi connectivity index (χ4v) is 2.56. The van der Waals surface area contributed by atoms with Crippen molar-refractivity contribution in [2.75, 3.05) is 25.0 Å². The third-order valence-corrected chi connectivity index (χ3v) is 4.04. The van der Waals surface area contributed by atoms with Crippen molar-refractivity contribution >= 4 is 11.6 Å². The van der Waals surface area contributed by atoms with E-state index in [1.165, 1.54) is 31.5 Å². The van der Waals surface area contributed by atoms with Gasteiger partial charge in [-0.25, -0.2) is 0 Å². The van der Waals surface area contributed by atoms with Gasteiger partial charge in [0.05, 0.1) is 6.54 Å². The van der Waals surface area contributed by atoms with E-state index in [1.54, 1.807) is 0 Å². The molecule has 2 N–H and O–H groups in total. The van der Waals surface area contributed by atoms with Crippen LogP contribution in [0.5, 0.6) is 0 Å². The van der Waals surface area contributed by atoms with Gasteiger partial charge in [0.15, 0.2) is 0 Å². The predicted molar refractivity (Wildman–Crippen MR) is 87.3 cm³/mol. The topological polar surface area (TPSA) is 44.4 Å². The zero-order valence-electron chi connectivity index (χ0n) is 13.2. The second kappa shape index (κ2) is 8.15. The summed E-state index contributed by atoms with van der Waals surface area (Å²) < 4.78 is 0. The molecule has 1 heterocycles. The van der Waals surface area contributed by atoms with Gasteiger partial charge in [0.25, 0.3) is 0 Å². The predicted octanol–water partition coefficient (Wildman–Crippen LogP) is 2.61. The van der Waals surface area contributed by atoms with Crippen molar-refractivity contribution < 1.29 is 4.79 Å². The van der Waals surface area contributed by atoms with Gasteiger partial charge in [-0.05, 0) is 57.0 Å². The summed E-state index contributed by atoms with van der Waals surface area (Å²) in [5.41, 5.74) is 2.16. The van der Waals surface area contributed by atoms with Crippen molar-refractivity contribution in [2.24, 2.45) is 0 Å². The first-order valence-electron chi connectivity index (χ1n) is 8.02. The van der Waals surface area contributed by atoms with E-state index in [2.05, 4.69) is 41.5 Å².